The number of ether oxygens (including phenoxy) is 2. The van der Waals surface area contributed by atoms with Crippen LogP contribution in [0.25, 0.3) is 0 Å². The number of nitrogens with zero attached hydrogens (tertiary/aromatic N) is 3. The molecule has 0 fully saturated rings. The number of aromatic nitrogens is 3. The molecule has 0 aliphatic rings. The van der Waals surface area contributed by atoms with E-state index in [4.69, 9.17) is 32.7 Å². The standard InChI is InChI=1S/C14H17Cl2N3O2/c1-9(2)19-13(17-8-18-19)7-21-14-10(6-15)4-11(16)5-12(14)20-3/h4-5,8-9H,6-7H2,1-3H3. The Morgan fingerprint density at radius 1 is 1.33 bits per heavy atom. The topological polar surface area (TPSA) is 49.2 Å². The van der Waals surface area contributed by atoms with Gasteiger partial charge in [-0.2, -0.15) is 5.10 Å². The molecule has 0 spiro atoms. The molecule has 5 nitrogen and oxygen atoms in total. The summed E-state index contributed by atoms with van der Waals surface area (Å²) in [4.78, 5) is 4.21. The van der Waals surface area contributed by atoms with Crippen LogP contribution < -0.4 is 9.47 Å². The number of hydrogen-bond donors (Lipinski definition) is 0. The first kappa shape index (κ1) is 15.9. The van der Waals surface area contributed by atoms with E-state index in [1.807, 2.05) is 18.5 Å². The van der Waals surface area contributed by atoms with E-state index in [9.17, 15) is 0 Å². The van der Waals surface area contributed by atoms with Gasteiger partial charge in [-0.15, -0.1) is 11.6 Å². The summed E-state index contributed by atoms with van der Waals surface area (Å²) >= 11 is 12.0. The molecule has 1 aromatic heterocycles. The highest BCUT2D eigenvalue weighted by Crippen LogP contribution is 2.36. The molecule has 7 heteroatoms. The minimum absolute atomic E-state index is 0.214. The monoisotopic (exact) mass is 329 g/mol. The van der Waals surface area contributed by atoms with E-state index < -0.39 is 0 Å². The summed E-state index contributed by atoms with van der Waals surface area (Å²) in [5.74, 6) is 2.15. The molecule has 0 radical (unpaired) electrons. The molecular formula is C14H17Cl2N3O2. The Hall–Kier alpha value is -1.46. The number of hydrogen-bond acceptors (Lipinski definition) is 4. The average molecular weight is 330 g/mol. The van der Waals surface area contributed by atoms with Gasteiger partial charge in [0.25, 0.3) is 0 Å². The second kappa shape index (κ2) is 7.00. The van der Waals surface area contributed by atoms with Crippen LogP contribution in [0.15, 0.2) is 18.5 Å². The molecule has 0 saturated carbocycles. The van der Waals surface area contributed by atoms with Crippen molar-refractivity contribution in [1.82, 2.24) is 14.8 Å². The molecule has 1 heterocycles. The Bertz CT molecular complexity index is 589. The van der Waals surface area contributed by atoms with Crippen molar-refractivity contribution in [2.24, 2.45) is 0 Å². The van der Waals surface area contributed by atoms with E-state index in [1.54, 1.807) is 19.2 Å². The summed E-state index contributed by atoms with van der Waals surface area (Å²) < 4.78 is 13.0. The predicted octanol–water partition coefficient (Wildman–Crippen LogP) is 3.84. The maximum atomic E-state index is 6.03. The van der Waals surface area contributed by atoms with Crippen molar-refractivity contribution < 1.29 is 9.47 Å². The lowest BCUT2D eigenvalue weighted by molar-refractivity contribution is 0.264. The van der Waals surface area contributed by atoms with Crippen LogP contribution in [0.3, 0.4) is 0 Å². The van der Waals surface area contributed by atoms with E-state index in [2.05, 4.69) is 10.1 Å². The average Bonchev–Trinajstić information content (AvgIpc) is 2.93. The normalized spacial score (nSPS) is 11.0. The maximum absolute atomic E-state index is 6.03. The van der Waals surface area contributed by atoms with Gasteiger partial charge in [0.05, 0.1) is 13.0 Å². The molecule has 0 amide bonds. The van der Waals surface area contributed by atoms with Crippen LogP contribution in [0.5, 0.6) is 11.5 Å². The van der Waals surface area contributed by atoms with Gasteiger partial charge in [-0.25, -0.2) is 9.67 Å². The molecule has 2 rings (SSSR count). The molecule has 0 N–H and O–H groups in total. The van der Waals surface area contributed by atoms with Gasteiger partial charge < -0.3 is 9.47 Å². The Balaban J connectivity index is 2.25. The van der Waals surface area contributed by atoms with Crippen molar-refractivity contribution in [2.75, 3.05) is 7.11 Å². The highest BCUT2D eigenvalue weighted by molar-refractivity contribution is 6.31. The van der Waals surface area contributed by atoms with E-state index in [-0.39, 0.29) is 18.5 Å². The van der Waals surface area contributed by atoms with E-state index in [0.29, 0.717) is 16.5 Å². The molecule has 0 atom stereocenters. The van der Waals surface area contributed by atoms with Crippen LogP contribution in [0.1, 0.15) is 31.3 Å². The van der Waals surface area contributed by atoms with Gasteiger partial charge >= 0.3 is 0 Å². The first-order chi connectivity index (χ1) is 10.1. The fourth-order valence-electron chi connectivity index (χ4n) is 1.98. The lowest BCUT2D eigenvalue weighted by Gasteiger charge is -2.15. The molecule has 0 aliphatic carbocycles. The second-order valence-corrected chi connectivity index (χ2v) is 5.44. The molecule has 0 unspecified atom stereocenters. The van der Waals surface area contributed by atoms with Crippen LogP contribution in [0.2, 0.25) is 5.02 Å². The van der Waals surface area contributed by atoms with Crippen LogP contribution >= 0.6 is 23.2 Å². The van der Waals surface area contributed by atoms with Crippen molar-refractivity contribution in [3.63, 3.8) is 0 Å². The number of methoxy groups -OCH3 is 1. The molecule has 0 saturated heterocycles. The smallest absolute Gasteiger partial charge is 0.166 e. The summed E-state index contributed by atoms with van der Waals surface area (Å²) in [6, 6.07) is 3.67. The Labute approximate surface area is 133 Å². The molecular weight excluding hydrogens is 313 g/mol. The zero-order valence-corrected chi connectivity index (χ0v) is 13.6. The first-order valence-electron chi connectivity index (χ1n) is 6.50. The van der Waals surface area contributed by atoms with E-state index in [0.717, 1.165) is 11.4 Å². The van der Waals surface area contributed by atoms with E-state index in [1.165, 1.54) is 6.33 Å². The summed E-state index contributed by atoms with van der Waals surface area (Å²) in [5.41, 5.74) is 0.775. The van der Waals surface area contributed by atoms with Crippen molar-refractivity contribution in [1.29, 1.82) is 0 Å². The summed E-state index contributed by atoms with van der Waals surface area (Å²) in [6.07, 6.45) is 1.51. The summed E-state index contributed by atoms with van der Waals surface area (Å²) in [7, 11) is 1.56. The van der Waals surface area contributed by atoms with Crippen LogP contribution in [-0.2, 0) is 12.5 Å². The molecule has 2 aromatic rings. The molecule has 1 aromatic carbocycles. The zero-order valence-electron chi connectivity index (χ0n) is 12.1. The van der Waals surface area contributed by atoms with Crippen LogP contribution in [0, 0.1) is 0 Å². The quantitative estimate of drug-likeness (QED) is 0.755. The molecule has 0 bridgehead atoms. The zero-order chi connectivity index (χ0) is 15.4. The number of halogens is 2. The third-order valence-electron chi connectivity index (χ3n) is 2.94. The third-order valence-corrected chi connectivity index (χ3v) is 3.45. The van der Waals surface area contributed by atoms with Crippen molar-refractivity contribution in [3.8, 4) is 11.5 Å². The van der Waals surface area contributed by atoms with Gasteiger partial charge in [0.15, 0.2) is 17.3 Å². The van der Waals surface area contributed by atoms with Crippen molar-refractivity contribution in [2.45, 2.75) is 32.4 Å². The van der Waals surface area contributed by atoms with Gasteiger partial charge in [-0.05, 0) is 19.9 Å². The Kier molecular flexibility index (Phi) is 5.31. The van der Waals surface area contributed by atoms with E-state index >= 15 is 0 Å². The van der Waals surface area contributed by atoms with Gasteiger partial charge in [-0.3, -0.25) is 0 Å². The molecule has 114 valence electrons. The van der Waals surface area contributed by atoms with Gasteiger partial charge in [0, 0.05) is 22.7 Å². The fraction of sp³-hybridized carbons (Fsp3) is 0.429. The number of rotatable bonds is 6. The van der Waals surface area contributed by atoms with Crippen LogP contribution in [0.4, 0.5) is 0 Å². The molecule has 21 heavy (non-hydrogen) atoms. The van der Waals surface area contributed by atoms with Crippen molar-refractivity contribution >= 4 is 23.2 Å². The third kappa shape index (κ3) is 3.60. The van der Waals surface area contributed by atoms with Crippen molar-refractivity contribution in [3.05, 3.63) is 34.9 Å². The first-order valence-corrected chi connectivity index (χ1v) is 7.41. The number of alkyl halides is 1. The Morgan fingerprint density at radius 2 is 2.10 bits per heavy atom. The summed E-state index contributed by atoms with van der Waals surface area (Å²) in [5, 5.41) is 4.73. The lowest BCUT2D eigenvalue weighted by Crippen LogP contribution is -2.11. The number of benzene rings is 1. The van der Waals surface area contributed by atoms with Crippen LogP contribution in [-0.4, -0.2) is 21.9 Å². The minimum Gasteiger partial charge on any atom is -0.493 e. The van der Waals surface area contributed by atoms with Gasteiger partial charge in [0.1, 0.15) is 12.9 Å². The predicted molar refractivity (Wildman–Crippen MR) is 82.3 cm³/mol. The second-order valence-electron chi connectivity index (χ2n) is 4.73. The molecule has 0 aliphatic heterocycles. The highest BCUT2D eigenvalue weighted by atomic mass is 35.5. The Morgan fingerprint density at radius 3 is 2.71 bits per heavy atom. The summed E-state index contributed by atoms with van der Waals surface area (Å²) in [6.45, 7) is 4.34. The highest BCUT2D eigenvalue weighted by Gasteiger charge is 2.15. The SMILES string of the molecule is COc1cc(Cl)cc(CCl)c1OCc1ncnn1C(C)C. The van der Waals surface area contributed by atoms with Gasteiger partial charge in [0.2, 0.25) is 0 Å². The van der Waals surface area contributed by atoms with Gasteiger partial charge in [-0.1, -0.05) is 11.6 Å². The largest absolute Gasteiger partial charge is 0.493 e. The lowest BCUT2D eigenvalue weighted by atomic mass is 10.2. The minimum atomic E-state index is 0.214. The fourth-order valence-corrected chi connectivity index (χ4v) is 2.41. The maximum Gasteiger partial charge on any atom is 0.166 e.